The van der Waals surface area contributed by atoms with Crippen molar-refractivity contribution in [2.24, 2.45) is 0 Å². The second-order valence-corrected chi connectivity index (χ2v) is 5.86. The Labute approximate surface area is 122 Å². The van der Waals surface area contributed by atoms with Gasteiger partial charge in [-0.15, -0.1) is 0 Å². The zero-order chi connectivity index (χ0) is 12.6. The van der Waals surface area contributed by atoms with Gasteiger partial charge in [-0.3, -0.25) is 0 Å². The summed E-state index contributed by atoms with van der Waals surface area (Å²) in [5.41, 5.74) is 0.868. The normalized spacial score (nSPS) is 11.4. The highest BCUT2D eigenvalue weighted by molar-refractivity contribution is 9.10. The van der Waals surface area contributed by atoms with E-state index < -0.39 is 11.5 Å². The number of hydrogen-bond donors (Lipinski definition) is 0. The summed E-state index contributed by atoms with van der Waals surface area (Å²) in [5, 5.41) is 2.06. The number of rotatable bonds is 2. The van der Waals surface area contributed by atoms with E-state index in [2.05, 4.69) is 15.9 Å². The van der Waals surface area contributed by atoms with Crippen molar-refractivity contribution in [2.75, 3.05) is 0 Å². The number of fused-ring (bicyclic) bond motifs is 1. The van der Waals surface area contributed by atoms with Crippen LogP contribution in [-0.4, -0.2) is 0 Å². The van der Waals surface area contributed by atoms with Crippen LogP contribution in [-0.2, 0) is 6.67 Å². The summed E-state index contributed by atoms with van der Waals surface area (Å²) in [6, 6.07) is 7.30. The molecule has 5 heteroatoms. The Bertz CT molecular complexity index is 569. The van der Waals surface area contributed by atoms with Crippen LogP contribution in [0.3, 0.4) is 0 Å². The Morgan fingerprint density at radius 1 is 1.24 bits per heavy atom. The molecule has 0 N–H and O–H groups in total. The minimum atomic E-state index is -0.836. The molecule has 0 heterocycles. The first-order chi connectivity index (χ1) is 8.06. The van der Waals surface area contributed by atoms with Crippen LogP contribution in [0.2, 0.25) is 5.02 Å². The van der Waals surface area contributed by atoms with Crippen LogP contribution in [0.15, 0.2) is 28.7 Å². The first-order valence-electron chi connectivity index (χ1n) is 4.80. The van der Waals surface area contributed by atoms with Gasteiger partial charge < -0.3 is 0 Å². The predicted molar refractivity (Wildman–Crippen MR) is 75.9 cm³/mol. The highest BCUT2D eigenvalue weighted by Gasteiger charge is 2.18. The highest BCUT2D eigenvalue weighted by atomic mass is 79.9. The lowest BCUT2D eigenvalue weighted by atomic mass is 10.0. The van der Waals surface area contributed by atoms with Gasteiger partial charge >= 0.3 is 0 Å². The fourth-order valence-electron chi connectivity index (χ4n) is 1.76. The highest BCUT2D eigenvalue weighted by Crippen LogP contribution is 2.40. The van der Waals surface area contributed by atoms with Crippen LogP contribution in [0.5, 0.6) is 0 Å². The number of benzene rings is 2. The fourth-order valence-corrected chi connectivity index (χ4v) is 3.25. The topological polar surface area (TPSA) is 0 Å². The zero-order valence-electron chi connectivity index (χ0n) is 8.48. The van der Waals surface area contributed by atoms with Gasteiger partial charge in [0.15, 0.2) is 0 Å². The average molecular weight is 356 g/mol. The SMILES string of the molecule is FCc1cc2c(Br)cccc2c(Cl)c1C(Cl)Cl. The summed E-state index contributed by atoms with van der Waals surface area (Å²) in [6.07, 6.45) is 0. The largest absolute Gasteiger partial charge is 0.246 e. The summed E-state index contributed by atoms with van der Waals surface area (Å²) < 4.78 is 13.9. The molecular formula is C12H7BrCl3F. The molecule has 2 aromatic carbocycles. The lowest BCUT2D eigenvalue weighted by Crippen LogP contribution is -1.94. The minimum absolute atomic E-state index is 0.409. The van der Waals surface area contributed by atoms with E-state index in [9.17, 15) is 4.39 Å². The van der Waals surface area contributed by atoms with E-state index >= 15 is 0 Å². The van der Waals surface area contributed by atoms with Crippen LogP contribution in [0.25, 0.3) is 10.8 Å². The predicted octanol–water partition coefficient (Wildman–Crippen LogP) is 6.20. The summed E-state index contributed by atoms with van der Waals surface area (Å²) in [5.74, 6) is 0. The second-order valence-electron chi connectivity index (χ2n) is 3.53. The number of halogens is 5. The molecule has 2 aromatic rings. The Kier molecular flexibility index (Phi) is 4.19. The maximum absolute atomic E-state index is 13.0. The van der Waals surface area contributed by atoms with Crippen LogP contribution in [0.4, 0.5) is 4.39 Å². The molecule has 17 heavy (non-hydrogen) atoms. The average Bonchev–Trinajstić information content (AvgIpc) is 2.29. The van der Waals surface area contributed by atoms with Crippen molar-refractivity contribution in [3.8, 4) is 0 Å². The van der Waals surface area contributed by atoms with Gasteiger partial charge in [-0.1, -0.05) is 62.9 Å². The third-order valence-corrected chi connectivity index (χ3v) is 4.09. The molecule has 0 bridgehead atoms. The Balaban J connectivity index is 2.88. The molecule has 0 radical (unpaired) electrons. The fraction of sp³-hybridized carbons (Fsp3) is 0.167. The molecule has 0 aliphatic carbocycles. The molecule has 0 aromatic heterocycles. The quantitative estimate of drug-likeness (QED) is 0.562. The van der Waals surface area contributed by atoms with E-state index in [0.29, 0.717) is 16.1 Å². The standard InChI is InChI=1S/C12H7BrCl3F/c13-9-3-1-2-7-8(9)4-6(5-17)10(11(7)14)12(15)16/h1-4,12H,5H2. The van der Waals surface area contributed by atoms with E-state index in [-0.39, 0.29) is 0 Å². The summed E-state index contributed by atoms with van der Waals surface area (Å²) >= 11 is 21.3. The number of hydrogen-bond acceptors (Lipinski definition) is 0. The molecule has 0 saturated heterocycles. The molecule has 0 spiro atoms. The molecule has 0 fully saturated rings. The van der Waals surface area contributed by atoms with Gasteiger partial charge in [0, 0.05) is 15.4 Å². The Morgan fingerprint density at radius 3 is 2.53 bits per heavy atom. The van der Waals surface area contributed by atoms with Crippen molar-refractivity contribution in [3.63, 3.8) is 0 Å². The lowest BCUT2D eigenvalue weighted by Gasteiger charge is -2.13. The van der Waals surface area contributed by atoms with Crippen LogP contribution < -0.4 is 0 Å². The molecule has 90 valence electrons. The van der Waals surface area contributed by atoms with Crippen molar-refractivity contribution < 1.29 is 4.39 Å². The van der Waals surface area contributed by atoms with Gasteiger partial charge in [0.1, 0.15) is 11.5 Å². The molecule has 0 amide bonds. The van der Waals surface area contributed by atoms with Crippen LogP contribution in [0, 0.1) is 0 Å². The molecule has 0 atom stereocenters. The molecule has 0 aliphatic heterocycles. The summed E-state index contributed by atoms with van der Waals surface area (Å²) in [4.78, 5) is -0.836. The molecule has 0 aliphatic rings. The van der Waals surface area contributed by atoms with Crippen LogP contribution >= 0.6 is 50.7 Å². The van der Waals surface area contributed by atoms with Gasteiger partial charge in [0.25, 0.3) is 0 Å². The zero-order valence-corrected chi connectivity index (χ0v) is 12.3. The Morgan fingerprint density at radius 2 is 1.94 bits per heavy atom. The van der Waals surface area contributed by atoms with Crippen molar-refractivity contribution >= 4 is 61.5 Å². The maximum Gasteiger partial charge on any atom is 0.134 e. The summed E-state index contributed by atoms with van der Waals surface area (Å²) in [6.45, 7) is -0.651. The molecule has 0 nitrogen and oxygen atoms in total. The maximum atomic E-state index is 13.0. The first kappa shape index (κ1) is 13.4. The third kappa shape index (κ3) is 2.41. The molecular weight excluding hydrogens is 349 g/mol. The minimum Gasteiger partial charge on any atom is -0.246 e. The monoisotopic (exact) mass is 354 g/mol. The third-order valence-electron chi connectivity index (χ3n) is 2.55. The van der Waals surface area contributed by atoms with Gasteiger partial charge in [0.2, 0.25) is 0 Å². The van der Waals surface area contributed by atoms with Gasteiger partial charge in [-0.25, -0.2) is 4.39 Å². The lowest BCUT2D eigenvalue weighted by molar-refractivity contribution is 0.483. The van der Waals surface area contributed by atoms with Gasteiger partial charge in [-0.05, 0) is 23.1 Å². The van der Waals surface area contributed by atoms with Crippen molar-refractivity contribution in [1.82, 2.24) is 0 Å². The first-order valence-corrected chi connectivity index (χ1v) is 6.84. The van der Waals surface area contributed by atoms with E-state index in [1.165, 1.54) is 0 Å². The van der Waals surface area contributed by atoms with Crippen LogP contribution in [0.1, 0.15) is 16.0 Å². The van der Waals surface area contributed by atoms with Crippen molar-refractivity contribution in [2.45, 2.75) is 11.5 Å². The van der Waals surface area contributed by atoms with Gasteiger partial charge in [0.05, 0.1) is 5.02 Å². The van der Waals surface area contributed by atoms with E-state index in [1.54, 1.807) is 6.07 Å². The van der Waals surface area contributed by atoms with Gasteiger partial charge in [-0.2, -0.15) is 0 Å². The molecule has 2 rings (SSSR count). The van der Waals surface area contributed by atoms with E-state index in [1.807, 2.05) is 18.2 Å². The van der Waals surface area contributed by atoms with E-state index in [4.69, 9.17) is 34.8 Å². The molecule has 0 unspecified atom stereocenters. The molecule has 0 saturated carbocycles. The second kappa shape index (κ2) is 5.31. The summed E-state index contributed by atoms with van der Waals surface area (Å²) in [7, 11) is 0. The number of alkyl halides is 3. The Hall–Kier alpha value is -0.0200. The van der Waals surface area contributed by atoms with Crippen molar-refractivity contribution in [1.29, 1.82) is 0 Å². The van der Waals surface area contributed by atoms with Crippen molar-refractivity contribution in [3.05, 3.63) is 44.9 Å². The smallest absolute Gasteiger partial charge is 0.134 e. The van der Waals surface area contributed by atoms with E-state index in [0.717, 1.165) is 15.2 Å².